The SMILES string of the molecule is OCc1cccc2c1ccn2Cc1ccncc1. The van der Waals surface area contributed by atoms with Gasteiger partial charge in [0.15, 0.2) is 0 Å². The van der Waals surface area contributed by atoms with Crippen LogP contribution in [0.1, 0.15) is 11.1 Å². The highest BCUT2D eigenvalue weighted by molar-refractivity contribution is 5.83. The minimum Gasteiger partial charge on any atom is -0.392 e. The van der Waals surface area contributed by atoms with E-state index in [0.29, 0.717) is 0 Å². The first-order chi connectivity index (χ1) is 8.88. The fourth-order valence-corrected chi connectivity index (χ4v) is 2.25. The van der Waals surface area contributed by atoms with E-state index in [0.717, 1.165) is 23.0 Å². The molecule has 2 heterocycles. The summed E-state index contributed by atoms with van der Waals surface area (Å²) in [4.78, 5) is 4.02. The normalized spacial score (nSPS) is 10.9. The molecule has 18 heavy (non-hydrogen) atoms. The van der Waals surface area contributed by atoms with Crippen molar-refractivity contribution in [2.75, 3.05) is 0 Å². The van der Waals surface area contributed by atoms with Gasteiger partial charge in [0.1, 0.15) is 0 Å². The van der Waals surface area contributed by atoms with Crippen LogP contribution in [0.2, 0.25) is 0 Å². The number of aliphatic hydroxyl groups is 1. The third-order valence-electron chi connectivity index (χ3n) is 3.18. The summed E-state index contributed by atoms with van der Waals surface area (Å²) in [6, 6.07) is 12.1. The number of hydrogen-bond acceptors (Lipinski definition) is 2. The van der Waals surface area contributed by atoms with Crippen LogP contribution in [-0.4, -0.2) is 14.7 Å². The highest BCUT2D eigenvalue weighted by atomic mass is 16.3. The van der Waals surface area contributed by atoms with E-state index in [2.05, 4.69) is 27.9 Å². The first-order valence-corrected chi connectivity index (χ1v) is 5.95. The quantitative estimate of drug-likeness (QED) is 0.761. The Balaban J connectivity index is 2.03. The second-order valence-electron chi connectivity index (χ2n) is 4.31. The Morgan fingerprint density at radius 2 is 1.89 bits per heavy atom. The van der Waals surface area contributed by atoms with Crippen LogP contribution in [0, 0.1) is 0 Å². The van der Waals surface area contributed by atoms with Crippen LogP contribution in [0.5, 0.6) is 0 Å². The fraction of sp³-hybridized carbons (Fsp3) is 0.133. The van der Waals surface area contributed by atoms with Crippen molar-refractivity contribution in [1.82, 2.24) is 9.55 Å². The lowest BCUT2D eigenvalue weighted by Crippen LogP contribution is -1.98. The number of hydrogen-bond donors (Lipinski definition) is 1. The predicted octanol–water partition coefficient (Wildman–Crippen LogP) is 2.58. The van der Waals surface area contributed by atoms with Crippen LogP contribution in [0.25, 0.3) is 10.9 Å². The number of fused-ring (bicyclic) bond motifs is 1. The monoisotopic (exact) mass is 238 g/mol. The lowest BCUT2D eigenvalue weighted by atomic mass is 10.1. The number of pyridine rings is 1. The van der Waals surface area contributed by atoms with Crippen LogP contribution in [0.4, 0.5) is 0 Å². The van der Waals surface area contributed by atoms with E-state index < -0.39 is 0 Å². The lowest BCUT2D eigenvalue weighted by Gasteiger charge is -2.06. The zero-order chi connectivity index (χ0) is 12.4. The smallest absolute Gasteiger partial charge is 0.0688 e. The van der Waals surface area contributed by atoms with Crippen molar-refractivity contribution in [1.29, 1.82) is 0 Å². The van der Waals surface area contributed by atoms with E-state index in [1.54, 1.807) is 12.4 Å². The Morgan fingerprint density at radius 1 is 1.06 bits per heavy atom. The standard InChI is InChI=1S/C15H14N2O/c18-11-13-2-1-3-15-14(13)6-9-17(15)10-12-4-7-16-8-5-12/h1-9,18H,10-11H2. The molecule has 0 saturated carbocycles. The Labute approximate surface area is 105 Å². The Morgan fingerprint density at radius 3 is 2.67 bits per heavy atom. The maximum absolute atomic E-state index is 9.32. The molecule has 2 aromatic heterocycles. The lowest BCUT2D eigenvalue weighted by molar-refractivity contribution is 0.283. The molecule has 0 amide bonds. The van der Waals surface area contributed by atoms with Gasteiger partial charge in [0.2, 0.25) is 0 Å². The van der Waals surface area contributed by atoms with Crippen LogP contribution in [0.3, 0.4) is 0 Å². The molecule has 0 aliphatic rings. The van der Waals surface area contributed by atoms with Crippen molar-refractivity contribution in [3.05, 3.63) is 66.1 Å². The van der Waals surface area contributed by atoms with E-state index in [4.69, 9.17) is 0 Å². The zero-order valence-corrected chi connectivity index (χ0v) is 9.95. The van der Waals surface area contributed by atoms with Gasteiger partial charge in [-0.3, -0.25) is 4.98 Å². The Bertz CT molecular complexity index is 659. The zero-order valence-electron chi connectivity index (χ0n) is 9.95. The molecule has 0 radical (unpaired) electrons. The summed E-state index contributed by atoms with van der Waals surface area (Å²) < 4.78 is 2.18. The highest BCUT2D eigenvalue weighted by Crippen LogP contribution is 2.21. The minimum atomic E-state index is 0.0800. The van der Waals surface area contributed by atoms with Crippen molar-refractivity contribution in [2.24, 2.45) is 0 Å². The molecule has 0 aliphatic heterocycles. The number of rotatable bonds is 3. The molecule has 0 fully saturated rings. The molecule has 3 nitrogen and oxygen atoms in total. The molecule has 0 unspecified atom stereocenters. The number of benzene rings is 1. The number of nitrogens with zero attached hydrogens (tertiary/aromatic N) is 2. The van der Waals surface area contributed by atoms with E-state index in [1.807, 2.05) is 24.3 Å². The van der Waals surface area contributed by atoms with Gasteiger partial charge in [-0.05, 0) is 35.4 Å². The predicted molar refractivity (Wildman–Crippen MR) is 71.2 cm³/mol. The Hall–Kier alpha value is -2.13. The average Bonchev–Trinajstić information content (AvgIpc) is 2.83. The average molecular weight is 238 g/mol. The molecule has 0 bridgehead atoms. The highest BCUT2D eigenvalue weighted by Gasteiger charge is 2.05. The summed E-state index contributed by atoms with van der Waals surface area (Å²) >= 11 is 0. The van der Waals surface area contributed by atoms with Crippen molar-refractivity contribution in [2.45, 2.75) is 13.2 Å². The summed E-state index contributed by atoms with van der Waals surface area (Å²) in [5.41, 5.74) is 3.34. The van der Waals surface area contributed by atoms with Crippen molar-refractivity contribution in [3.63, 3.8) is 0 Å². The van der Waals surface area contributed by atoms with Gasteiger partial charge in [-0.25, -0.2) is 0 Å². The second-order valence-corrected chi connectivity index (χ2v) is 4.31. The van der Waals surface area contributed by atoms with E-state index in [-0.39, 0.29) is 6.61 Å². The van der Waals surface area contributed by atoms with Gasteiger partial charge in [-0.1, -0.05) is 12.1 Å². The maximum Gasteiger partial charge on any atom is 0.0688 e. The molecular weight excluding hydrogens is 224 g/mol. The molecule has 0 atom stereocenters. The molecular formula is C15H14N2O. The van der Waals surface area contributed by atoms with Gasteiger partial charge in [-0.15, -0.1) is 0 Å². The Kier molecular flexibility index (Phi) is 2.82. The molecule has 0 aliphatic carbocycles. The molecule has 3 rings (SSSR count). The van der Waals surface area contributed by atoms with Gasteiger partial charge in [-0.2, -0.15) is 0 Å². The van der Waals surface area contributed by atoms with Crippen molar-refractivity contribution < 1.29 is 5.11 Å². The molecule has 1 aromatic carbocycles. The molecule has 0 spiro atoms. The topological polar surface area (TPSA) is 38.0 Å². The van der Waals surface area contributed by atoms with Crippen LogP contribution < -0.4 is 0 Å². The number of aromatic nitrogens is 2. The number of aliphatic hydroxyl groups excluding tert-OH is 1. The van der Waals surface area contributed by atoms with E-state index in [9.17, 15) is 5.11 Å². The van der Waals surface area contributed by atoms with Gasteiger partial charge in [0.25, 0.3) is 0 Å². The minimum absolute atomic E-state index is 0.0800. The summed E-state index contributed by atoms with van der Waals surface area (Å²) in [7, 11) is 0. The second kappa shape index (κ2) is 4.63. The molecule has 3 heteroatoms. The van der Waals surface area contributed by atoms with Crippen molar-refractivity contribution >= 4 is 10.9 Å². The third kappa shape index (κ3) is 1.89. The van der Waals surface area contributed by atoms with Gasteiger partial charge in [0.05, 0.1) is 6.61 Å². The summed E-state index contributed by atoms with van der Waals surface area (Å²) in [5, 5.41) is 10.4. The summed E-state index contributed by atoms with van der Waals surface area (Å²) in [5.74, 6) is 0. The molecule has 0 saturated heterocycles. The molecule has 1 N–H and O–H groups in total. The maximum atomic E-state index is 9.32. The van der Waals surface area contributed by atoms with Crippen LogP contribution >= 0.6 is 0 Å². The largest absolute Gasteiger partial charge is 0.392 e. The molecule has 90 valence electrons. The van der Waals surface area contributed by atoms with Gasteiger partial charge >= 0.3 is 0 Å². The van der Waals surface area contributed by atoms with Crippen LogP contribution in [0.15, 0.2) is 55.0 Å². The van der Waals surface area contributed by atoms with E-state index in [1.165, 1.54) is 5.56 Å². The first-order valence-electron chi connectivity index (χ1n) is 5.95. The summed E-state index contributed by atoms with van der Waals surface area (Å²) in [6.45, 7) is 0.900. The van der Waals surface area contributed by atoms with Crippen LogP contribution in [-0.2, 0) is 13.2 Å². The van der Waals surface area contributed by atoms with Gasteiger partial charge < -0.3 is 9.67 Å². The summed E-state index contributed by atoms with van der Waals surface area (Å²) in [6.07, 6.45) is 5.67. The third-order valence-corrected chi connectivity index (χ3v) is 3.18. The fourth-order valence-electron chi connectivity index (χ4n) is 2.25. The molecule has 3 aromatic rings. The van der Waals surface area contributed by atoms with Gasteiger partial charge in [0, 0.05) is 36.0 Å². The first kappa shape index (κ1) is 11.0. The van der Waals surface area contributed by atoms with E-state index >= 15 is 0 Å². The van der Waals surface area contributed by atoms with Crippen molar-refractivity contribution in [3.8, 4) is 0 Å².